The first kappa shape index (κ1) is 13.4. The topological polar surface area (TPSA) is 38.5 Å². The van der Waals surface area contributed by atoms with E-state index in [1.807, 2.05) is 0 Å². The molecule has 18 heavy (non-hydrogen) atoms. The molecule has 0 aromatic heterocycles. The predicted molar refractivity (Wildman–Crippen MR) is 75.1 cm³/mol. The van der Waals surface area contributed by atoms with Crippen molar-refractivity contribution in [2.45, 2.75) is 25.7 Å². The van der Waals surface area contributed by atoms with Crippen molar-refractivity contribution in [3.8, 4) is 5.75 Å². The monoisotopic (exact) mass is 248 g/mol. The molecule has 1 heterocycles. The number of benzene rings is 1. The van der Waals surface area contributed by atoms with Crippen molar-refractivity contribution in [2.24, 2.45) is 5.73 Å². The highest BCUT2D eigenvalue weighted by atomic mass is 16.5. The van der Waals surface area contributed by atoms with Gasteiger partial charge in [0.25, 0.3) is 0 Å². The molecule has 1 aromatic carbocycles. The van der Waals surface area contributed by atoms with Crippen molar-refractivity contribution in [2.75, 3.05) is 33.3 Å². The summed E-state index contributed by atoms with van der Waals surface area (Å²) in [7, 11) is 2.13. The molecule has 0 fully saturated rings. The van der Waals surface area contributed by atoms with Crippen molar-refractivity contribution in [3.63, 3.8) is 0 Å². The molecule has 0 aliphatic carbocycles. The molecule has 3 heteroatoms. The number of hydrogen-bond donors (Lipinski definition) is 1. The summed E-state index contributed by atoms with van der Waals surface area (Å²) in [4.78, 5) is 2.29. The molecule has 1 aliphatic heterocycles. The summed E-state index contributed by atoms with van der Waals surface area (Å²) in [5, 5.41) is 0. The summed E-state index contributed by atoms with van der Waals surface area (Å²) >= 11 is 0. The molecule has 1 aliphatic rings. The SMILES string of the molecule is CN(CCN)CCCc1ccc2c(c1)CCCO2. The van der Waals surface area contributed by atoms with Gasteiger partial charge in [-0.1, -0.05) is 12.1 Å². The molecular formula is C15H24N2O. The Morgan fingerprint density at radius 3 is 3.06 bits per heavy atom. The second-order valence-electron chi connectivity index (χ2n) is 5.09. The number of aryl methyl sites for hydroxylation is 2. The van der Waals surface area contributed by atoms with Gasteiger partial charge >= 0.3 is 0 Å². The van der Waals surface area contributed by atoms with Crippen LogP contribution in [-0.4, -0.2) is 38.2 Å². The van der Waals surface area contributed by atoms with Crippen molar-refractivity contribution >= 4 is 0 Å². The lowest BCUT2D eigenvalue weighted by molar-refractivity contribution is 0.288. The zero-order valence-electron chi connectivity index (χ0n) is 11.3. The van der Waals surface area contributed by atoms with Crippen LogP contribution in [0, 0.1) is 0 Å². The Morgan fingerprint density at radius 2 is 2.22 bits per heavy atom. The second kappa shape index (κ2) is 6.76. The highest BCUT2D eigenvalue weighted by Crippen LogP contribution is 2.25. The first-order chi connectivity index (χ1) is 8.79. The minimum absolute atomic E-state index is 0.743. The minimum Gasteiger partial charge on any atom is -0.493 e. The van der Waals surface area contributed by atoms with Crippen molar-refractivity contribution in [1.29, 1.82) is 0 Å². The zero-order valence-corrected chi connectivity index (χ0v) is 11.3. The molecule has 0 radical (unpaired) electrons. The van der Waals surface area contributed by atoms with Gasteiger partial charge in [0.1, 0.15) is 5.75 Å². The Hall–Kier alpha value is -1.06. The average molecular weight is 248 g/mol. The van der Waals surface area contributed by atoms with E-state index in [1.54, 1.807) is 0 Å². The van der Waals surface area contributed by atoms with E-state index in [2.05, 4.69) is 30.1 Å². The third kappa shape index (κ3) is 3.72. The lowest BCUT2D eigenvalue weighted by atomic mass is 10.0. The molecule has 0 unspecified atom stereocenters. The summed E-state index contributed by atoms with van der Waals surface area (Å²) in [6.07, 6.45) is 4.64. The van der Waals surface area contributed by atoms with Gasteiger partial charge in [-0.3, -0.25) is 0 Å². The maximum Gasteiger partial charge on any atom is 0.122 e. The summed E-state index contributed by atoms with van der Waals surface area (Å²) in [5.74, 6) is 1.09. The fraction of sp³-hybridized carbons (Fsp3) is 0.600. The normalized spacial score (nSPS) is 14.4. The smallest absolute Gasteiger partial charge is 0.122 e. The molecule has 0 spiro atoms. The summed E-state index contributed by atoms with van der Waals surface area (Å²) in [6.45, 7) is 3.71. The van der Waals surface area contributed by atoms with E-state index in [4.69, 9.17) is 10.5 Å². The first-order valence-corrected chi connectivity index (χ1v) is 6.93. The predicted octanol–water partition coefficient (Wildman–Crippen LogP) is 1.83. The van der Waals surface area contributed by atoms with E-state index in [9.17, 15) is 0 Å². The van der Waals surface area contributed by atoms with Crippen LogP contribution in [-0.2, 0) is 12.8 Å². The minimum atomic E-state index is 0.743. The zero-order chi connectivity index (χ0) is 12.8. The number of likely N-dealkylation sites (N-methyl/N-ethyl adjacent to an activating group) is 1. The van der Waals surface area contributed by atoms with Gasteiger partial charge in [0.05, 0.1) is 6.61 Å². The lowest BCUT2D eigenvalue weighted by Gasteiger charge is -2.18. The number of nitrogens with zero attached hydrogens (tertiary/aromatic N) is 1. The Bertz CT molecular complexity index is 379. The Balaban J connectivity index is 1.82. The molecule has 1 aromatic rings. The van der Waals surface area contributed by atoms with Crippen molar-refractivity contribution < 1.29 is 4.74 Å². The van der Waals surface area contributed by atoms with Crippen LogP contribution >= 0.6 is 0 Å². The third-order valence-corrected chi connectivity index (χ3v) is 3.49. The van der Waals surface area contributed by atoms with Gasteiger partial charge in [0.15, 0.2) is 0 Å². The van der Waals surface area contributed by atoms with E-state index < -0.39 is 0 Å². The van der Waals surface area contributed by atoms with Gasteiger partial charge in [-0.25, -0.2) is 0 Å². The molecule has 3 nitrogen and oxygen atoms in total. The molecule has 0 saturated carbocycles. The number of fused-ring (bicyclic) bond motifs is 1. The summed E-state index contributed by atoms with van der Waals surface area (Å²) in [5.41, 5.74) is 8.35. The van der Waals surface area contributed by atoms with Crippen LogP contribution < -0.4 is 10.5 Å². The van der Waals surface area contributed by atoms with Crippen LogP contribution in [0.2, 0.25) is 0 Å². The maximum atomic E-state index is 5.63. The largest absolute Gasteiger partial charge is 0.493 e. The van der Waals surface area contributed by atoms with E-state index >= 15 is 0 Å². The number of nitrogens with two attached hydrogens (primary N) is 1. The molecule has 2 rings (SSSR count). The first-order valence-electron chi connectivity index (χ1n) is 6.93. The van der Waals surface area contributed by atoms with Crippen LogP contribution in [0.1, 0.15) is 24.0 Å². The van der Waals surface area contributed by atoms with Crippen LogP contribution in [0.5, 0.6) is 5.75 Å². The lowest BCUT2D eigenvalue weighted by Crippen LogP contribution is -2.26. The van der Waals surface area contributed by atoms with Gasteiger partial charge in [0.2, 0.25) is 0 Å². The second-order valence-corrected chi connectivity index (χ2v) is 5.09. The molecule has 0 atom stereocenters. The number of rotatable bonds is 6. The molecule has 0 bridgehead atoms. The van der Waals surface area contributed by atoms with Crippen LogP contribution in [0.15, 0.2) is 18.2 Å². The number of ether oxygens (including phenoxy) is 1. The van der Waals surface area contributed by atoms with E-state index in [0.717, 1.165) is 51.3 Å². The Kier molecular flexibility index (Phi) is 5.02. The van der Waals surface area contributed by atoms with Gasteiger partial charge in [-0.05, 0) is 56.5 Å². The molecule has 0 amide bonds. The standard InChI is InChI=1S/C15H24N2O/c1-17(10-8-16)9-2-4-13-6-7-15-14(12-13)5-3-11-18-15/h6-7,12H,2-5,8-11,16H2,1H3. The van der Waals surface area contributed by atoms with Gasteiger partial charge in [-0.2, -0.15) is 0 Å². The van der Waals surface area contributed by atoms with Gasteiger partial charge in [-0.15, -0.1) is 0 Å². The summed E-state index contributed by atoms with van der Waals surface area (Å²) < 4.78 is 5.63. The highest BCUT2D eigenvalue weighted by molar-refractivity contribution is 5.38. The summed E-state index contributed by atoms with van der Waals surface area (Å²) in [6, 6.07) is 6.65. The van der Waals surface area contributed by atoms with Crippen LogP contribution in [0.3, 0.4) is 0 Å². The van der Waals surface area contributed by atoms with Crippen molar-refractivity contribution in [3.05, 3.63) is 29.3 Å². The number of hydrogen-bond acceptors (Lipinski definition) is 3. The maximum absolute atomic E-state index is 5.63. The van der Waals surface area contributed by atoms with E-state index in [-0.39, 0.29) is 0 Å². The fourth-order valence-electron chi connectivity index (χ4n) is 2.45. The molecule has 100 valence electrons. The molecular weight excluding hydrogens is 224 g/mol. The molecule has 2 N–H and O–H groups in total. The molecule has 0 saturated heterocycles. The quantitative estimate of drug-likeness (QED) is 0.835. The third-order valence-electron chi connectivity index (χ3n) is 3.49. The van der Waals surface area contributed by atoms with E-state index in [0.29, 0.717) is 0 Å². The Morgan fingerprint density at radius 1 is 1.33 bits per heavy atom. The van der Waals surface area contributed by atoms with E-state index in [1.165, 1.54) is 17.5 Å². The van der Waals surface area contributed by atoms with Crippen molar-refractivity contribution in [1.82, 2.24) is 4.90 Å². The van der Waals surface area contributed by atoms with Gasteiger partial charge in [0, 0.05) is 13.1 Å². The average Bonchev–Trinajstić information content (AvgIpc) is 2.39. The Labute approximate surface area is 110 Å². The van der Waals surface area contributed by atoms with Crippen LogP contribution in [0.25, 0.3) is 0 Å². The van der Waals surface area contributed by atoms with Gasteiger partial charge < -0.3 is 15.4 Å². The fourth-order valence-corrected chi connectivity index (χ4v) is 2.45. The highest BCUT2D eigenvalue weighted by Gasteiger charge is 2.10. The van der Waals surface area contributed by atoms with Crippen LogP contribution in [0.4, 0.5) is 0 Å².